The van der Waals surface area contributed by atoms with Crippen molar-refractivity contribution in [1.82, 2.24) is 10.3 Å². The summed E-state index contributed by atoms with van der Waals surface area (Å²) in [6.45, 7) is 2.07. The Hall–Kier alpha value is -1.32. The van der Waals surface area contributed by atoms with Crippen LogP contribution in [-0.4, -0.2) is 18.1 Å². The highest BCUT2D eigenvalue weighted by Gasteiger charge is 2.20. The summed E-state index contributed by atoms with van der Waals surface area (Å²) in [6, 6.07) is 7.85. The first-order valence-electron chi connectivity index (χ1n) is 6.71. The highest BCUT2D eigenvalue weighted by atomic mass is 35.5. The Labute approximate surface area is 118 Å². The van der Waals surface area contributed by atoms with Gasteiger partial charge in [-0.25, -0.2) is 4.98 Å². The summed E-state index contributed by atoms with van der Waals surface area (Å²) < 4.78 is 5.87. The van der Waals surface area contributed by atoms with E-state index in [2.05, 4.69) is 16.4 Å². The van der Waals surface area contributed by atoms with E-state index in [-0.39, 0.29) is 0 Å². The normalized spacial score (nSPS) is 19.5. The van der Waals surface area contributed by atoms with Crippen LogP contribution in [0.15, 0.2) is 34.9 Å². The van der Waals surface area contributed by atoms with Gasteiger partial charge < -0.3 is 9.73 Å². The van der Waals surface area contributed by atoms with Gasteiger partial charge in [0.15, 0.2) is 5.89 Å². The van der Waals surface area contributed by atoms with Crippen molar-refractivity contribution in [2.45, 2.75) is 25.2 Å². The highest BCUT2D eigenvalue weighted by molar-refractivity contribution is 6.30. The van der Waals surface area contributed by atoms with Crippen LogP contribution in [0, 0.1) is 0 Å². The van der Waals surface area contributed by atoms with Gasteiger partial charge in [-0.1, -0.05) is 23.7 Å². The minimum atomic E-state index is 0.418. The Kier molecular flexibility index (Phi) is 3.85. The lowest BCUT2D eigenvalue weighted by Gasteiger charge is -2.19. The third-order valence-corrected chi connectivity index (χ3v) is 3.72. The smallest absolute Gasteiger partial charge is 0.198 e. The largest absolute Gasteiger partial charge is 0.445 e. The van der Waals surface area contributed by atoms with Gasteiger partial charge in [-0.15, -0.1) is 0 Å². The van der Waals surface area contributed by atoms with Crippen LogP contribution in [0.25, 0.3) is 0 Å². The van der Waals surface area contributed by atoms with E-state index in [9.17, 15) is 0 Å². The molecular weight excluding hydrogens is 260 g/mol. The van der Waals surface area contributed by atoms with Gasteiger partial charge in [0.2, 0.25) is 0 Å². The molecule has 100 valence electrons. The van der Waals surface area contributed by atoms with E-state index in [0.29, 0.717) is 5.92 Å². The molecule has 2 heterocycles. The Balaban J connectivity index is 1.70. The van der Waals surface area contributed by atoms with Crippen LogP contribution in [0.1, 0.15) is 36.0 Å². The molecule has 0 bridgehead atoms. The fourth-order valence-electron chi connectivity index (χ4n) is 2.50. The van der Waals surface area contributed by atoms with Gasteiger partial charge in [-0.05, 0) is 37.1 Å². The van der Waals surface area contributed by atoms with Gasteiger partial charge in [0.25, 0.3) is 0 Å². The first-order chi connectivity index (χ1) is 9.31. The average molecular weight is 277 g/mol. The molecule has 19 heavy (non-hydrogen) atoms. The van der Waals surface area contributed by atoms with Crippen molar-refractivity contribution in [3.63, 3.8) is 0 Å². The molecule has 1 saturated heterocycles. The predicted octanol–water partition coefficient (Wildman–Crippen LogP) is 3.39. The molecule has 0 spiro atoms. The molecule has 3 nitrogen and oxygen atoms in total. The highest BCUT2D eigenvalue weighted by Crippen LogP contribution is 2.24. The number of halogens is 1. The van der Waals surface area contributed by atoms with Crippen LogP contribution in [0.2, 0.25) is 5.02 Å². The second-order valence-electron chi connectivity index (χ2n) is 5.01. The Morgan fingerprint density at radius 1 is 1.42 bits per heavy atom. The Bertz CT molecular complexity index is 547. The number of hydrogen-bond donors (Lipinski definition) is 1. The van der Waals surface area contributed by atoms with Crippen molar-refractivity contribution in [3.8, 4) is 0 Å². The van der Waals surface area contributed by atoms with E-state index in [1.54, 1.807) is 0 Å². The summed E-state index contributed by atoms with van der Waals surface area (Å²) in [5.41, 5.74) is 1.15. The fraction of sp³-hybridized carbons (Fsp3) is 0.400. The van der Waals surface area contributed by atoms with E-state index < -0.39 is 0 Å². The van der Waals surface area contributed by atoms with Crippen molar-refractivity contribution in [2.75, 3.05) is 13.1 Å². The maximum absolute atomic E-state index is 5.98. The van der Waals surface area contributed by atoms with Crippen molar-refractivity contribution >= 4 is 11.6 Å². The summed E-state index contributed by atoms with van der Waals surface area (Å²) in [4.78, 5) is 4.42. The van der Waals surface area contributed by atoms with Crippen LogP contribution in [0.4, 0.5) is 0 Å². The zero-order valence-corrected chi connectivity index (χ0v) is 11.5. The van der Waals surface area contributed by atoms with Crippen molar-refractivity contribution in [2.24, 2.45) is 0 Å². The predicted molar refractivity (Wildman–Crippen MR) is 75.6 cm³/mol. The molecule has 0 unspecified atom stereocenters. The first kappa shape index (κ1) is 12.7. The molecule has 1 aromatic heterocycles. The zero-order valence-electron chi connectivity index (χ0n) is 10.7. The van der Waals surface area contributed by atoms with E-state index in [1.807, 2.05) is 24.4 Å². The molecule has 0 radical (unpaired) electrons. The number of piperidine rings is 1. The molecule has 3 rings (SSSR count). The van der Waals surface area contributed by atoms with Gasteiger partial charge in [-0.2, -0.15) is 0 Å². The molecule has 2 aromatic rings. The Morgan fingerprint density at radius 2 is 2.37 bits per heavy atom. The topological polar surface area (TPSA) is 38.1 Å². The number of benzene rings is 1. The number of hydrogen-bond acceptors (Lipinski definition) is 3. The van der Waals surface area contributed by atoms with Gasteiger partial charge in [-0.3, -0.25) is 0 Å². The average Bonchev–Trinajstić information content (AvgIpc) is 2.88. The van der Waals surface area contributed by atoms with E-state index in [4.69, 9.17) is 16.0 Å². The molecular formula is C15H17ClN2O. The van der Waals surface area contributed by atoms with Crippen molar-refractivity contribution in [1.29, 1.82) is 0 Å². The monoisotopic (exact) mass is 276 g/mol. The maximum atomic E-state index is 5.98. The molecule has 0 aliphatic carbocycles. The number of aromatic nitrogens is 1. The zero-order chi connectivity index (χ0) is 13.1. The molecule has 0 amide bonds. The lowest BCUT2D eigenvalue weighted by Crippen LogP contribution is -2.28. The third kappa shape index (κ3) is 3.17. The minimum absolute atomic E-state index is 0.418. The third-order valence-electron chi connectivity index (χ3n) is 3.48. The van der Waals surface area contributed by atoms with Gasteiger partial charge in [0.05, 0.1) is 6.20 Å². The van der Waals surface area contributed by atoms with Gasteiger partial charge >= 0.3 is 0 Å². The molecule has 1 fully saturated rings. The lowest BCUT2D eigenvalue weighted by molar-refractivity contribution is 0.365. The molecule has 0 saturated carbocycles. The number of nitrogens with one attached hydrogen (secondary N) is 1. The second kappa shape index (κ2) is 5.76. The molecule has 1 aliphatic rings. The first-order valence-corrected chi connectivity index (χ1v) is 7.09. The van der Waals surface area contributed by atoms with E-state index >= 15 is 0 Å². The molecule has 1 aromatic carbocycles. The molecule has 1 N–H and O–H groups in total. The summed E-state index contributed by atoms with van der Waals surface area (Å²) in [6.07, 6.45) is 4.93. The van der Waals surface area contributed by atoms with Gasteiger partial charge in [0.1, 0.15) is 5.76 Å². The standard InChI is InChI=1S/C15H17ClN2O/c16-13-5-1-3-11(7-13)8-14-10-18-15(19-14)12-4-2-6-17-9-12/h1,3,5,7,10,12,17H,2,4,6,8-9H2/t12-/m1/s1. The van der Waals surface area contributed by atoms with Crippen LogP contribution < -0.4 is 5.32 Å². The summed E-state index contributed by atoms with van der Waals surface area (Å²) in [7, 11) is 0. The van der Waals surface area contributed by atoms with Crippen molar-refractivity contribution < 1.29 is 4.42 Å². The molecule has 4 heteroatoms. The van der Waals surface area contributed by atoms with E-state index in [1.165, 1.54) is 6.42 Å². The maximum Gasteiger partial charge on any atom is 0.198 e. The SMILES string of the molecule is Clc1cccc(Cc2cnc([C@@H]3CCCNC3)o2)c1. The van der Waals surface area contributed by atoms with Crippen LogP contribution in [0.3, 0.4) is 0 Å². The summed E-state index contributed by atoms with van der Waals surface area (Å²) in [5, 5.41) is 4.14. The fourth-order valence-corrected chi connectivity index (χ4v) is 2.72. The van der Waals surface area contributed by atoms with Crippen LogP contribution >= 0.6 is 11.6 Å². The molecule has 1 aliphatic heterocycles. The van der Waals surface area contributed by atoms with Crippen LogP contribution in [-0.2, 0) is 6.42 Å². The molecule has 1 atom stereocenters. The number of oxazole rings is 1. The quantitative estimate of drug-likeness (QED) is 0.934. The van der Waals surface area contributed by atoms with Crippen LogP contribution in [0.5, 0.6) is 0 Å². The lowest BCUT2D eigenvalue weighted by atomic mass is 10.00. The van der Waals surface area contributed by atoms with Gasteiger partial charge in [0, 0.05) is 23.9 Å². The Morgan fingerprint density at radius 3 is 3.16 bits per heavy atom. The number of nitrogens with zero attached hydrogens (tertiary/aromatic N) is 1. The minimum Gasteiger partial charge on any atom is -0.445 e. The van der Waals surface area contributed by atoms with Crippen molar-refractivity contribution in [3.05, 3.63) is 52.7 Å². The second-order valence-corrected chi connectivity index (χ2v) is 5.45. The summed E-state index contributed by atoms with van der Waals surface area (Å²) >= 11 is 5.98. The van der Waals surface area contributed by atoms with E-state index in [0.717, 1.165) is 48.2 Å². The number of rotatable bonds is 3. The summed E-state index contributed by atoms with van der Waals surface area (Å²) in [5.74, 6) is 2.19.